The van der Waals surface area contributed by atoms with Crippen molar-refractivity contribution < 1.29 is 9.32 Å². The molecule has 0 saturated heterocycles. The number of carbonyl (C=O) groups excluding carboxylic acids is 1. The molecule has 1 atom stereocenters. The van der Waals surface area contributed by atoms with E-state index in [1.165, 1.54) is 25.7 Å². The van der Waals surface area contributed by atoms with Gasteiger partial charge in [-0.15, -0.1) is 12.4 Å². The molecule has 148 valence electrons. The van der Waals surface area contributed by atoms with Crippen molar-refractivity contribution in [3.05, 3.63) is 11.7 Å². The molecular weight excluding hydrogens is 352 g/mol. The molecule has 0 bridgehead atoms. The molecule has 0 radical (unpaired) electrons. The first kappa shape index (κ1) is 21.2. The Morgan fingerprint density at radius 1 is 1.19 bits per heavy atom. The number of aromatic nitrogens is 2. The van der Waals surface area contributed by atoms with Gasteiger partial charge in [-0.2, -0.15) is 4.98 Å². The molecule has 2 saturated carbocycles. The Hall–Kier alpha value is -1.14. The summed E-state index contributed by atoms with van der Waals surface area (Å²) in [4.78, 5) is 16.8. The molecule has 2 N–H and O–H groups in total. The zero-order chi connectivity index (χ0) is 17.6. The fourth-order valence-electron chi connectivity index (χ4n) is 4.14. The summed E-state index contributed by atoms with van der Waals surface area (Å²) >= 11 is 0. The summed E-state index contributed by atoms with van der Waals surface area (Å²) in [5.41, 5.74) is 0. The van der Waals surface area contributed by atoms with Gasteiger partial charge in [0.15, 0.2) is 5.82 Å². The highest BCUT2D eigenvalue weighted by molar-refractivity contribution is 5.85. The van der Waals surface area contributed by atoms with Gasteiger partial charge in [0, 0.05) is 30.8 Å². The quantitative estimate of drug-likeness (QED) is 0.753. The summed E-state index contributed by atoms with van der Waals surface area (Å²) in [6, 6.07) is 0.660. The van der Waals surface area contributed by atoms with Crippen LogP contribution >= 0.6 is 12.4 Å². The number of amides is 1. The normalized spacial score (nSPS) is 24.8. The van der Waals surface area contributed by atoms with Gasteiger partial charge >= 0.3 is 0 Å². The Kier molecular flexibility index (Phi) is 8.35. The predicted octanol–water partition coefficient (Wildman–Crippen LogP) is 3.36. The van der Waals surface area contributed by atoms with Crippen LogP contribution in [0.4, 0.5) is 0 Å². The van der Waals surface area contributed by atoms with Crippen molar-refractivity contribution >= 4 is 18.3 Å². The molecule has 0 spiro atoms. The van der Waals surface area contributed by atoms with Gasteiger partial charge in [0.25, 0.3) is 0 Å². The van der Waals surface area contributed by atoms with Gasteiger partial charge in [-0.3, -0.25) is 4.79 Å². The van der Waals surface area contributed by atoms with Crippen molar-refractivity contribution in [2.45, 2.75) is 89.1 Å². The van der Waals surface area contributed by atoms with Gasteiger partial charge in [0.1, 0.15) is 0 Å². The third-order valence-electron chi connectivity index (χ3n) is 5.86. The maximum atomic E-state index is 12.2. The SMILES string of the molecule is CNC(C)Cc1noc(C2CCC(NC(=O)CC3CCCC3)CC2)n1.Cl. The second-order valence-corrected chi connectivity index (χ2v) is 7.91. The minimum absolute atomic E-state index is 0. The number of likely N-dealkylation sites (N-methyl/N-ethyl adjacent to an activating group) is 1. The molecule has 1 aromatic heterocycles. The lowest BCUT2D eigenvalue weighted by Gasteiger charge is -2.27. The lowest BCUT2D eigenvalue weighted by Crippen LogP contribution is -2.38. The Bertz CT molecular complexity index is 551. The molecule has 1 heterocycles. The van der Waals surface area contributed by atoms with Gasteiger partial charge in [-0.25, -0.2) is 0 Å². The average Bonchev–Trinajstić information content (AvgIpc) is 3.27. The first-order chi connectivity index (χ1) is 12.1. The van der Waals surface area contributed by atoms with Crippen LogP contribution in [0.1, 0.15) is 82.3 Å². The minimum atomic E-state index is 0. The van der Waals surface area contributed by atoms with E-state index in [-0.39, 0.29) is 18.3 Å². The number of hydrogen-bond acceptors (Lipinski definition) is 5. The van der Waals surface area contributed by atoms with E-state index >= 15 is 0 Å². The third kappa shape index (κ3) is 5.95. The van der Waals surface area contributed by atoms with Crippen molar-refractivity contribution in [1.29, 1.82) is 0 Å². The Morgan fingerprint density at radius 2 is 1.88 bits per heavy atom. The van der Waals surface area contributed by atoms with E-state index in [2.05, 4.69) is 27.7 Å². The van der Waals surface area contributed by atoms with E-state index in [9.17, 15) is 4.79 Å². The van der Waals surface area contributed by atoms with Crippen LogP contribution in [0.15, 0.2) is 4.52 Å². The zero-order valence-electron chi connectivity index (χ0n) is 16.0. The monoisotopic (exact) mass is 384 g/mol. The summed E-state index contributed by atoms with van der Waals surface area (Å²) in [5.74, 6) is 2.76. The minimum Gasteiger partial charge on any atom is -0.353 e. The molecule has 6 nitrogen and oxygen atoms in total. The molecule has 1 unspecified atom stereocenters. The van der Waals surface area contributed by atoms with Gasteiger partial charge in [-0.1, -0.05) is 18.0 Å². The first-order valence-electron chi connectivity index (χ1n) is 9.93. The number of halogens is 1. The fraction of sp³-hybridized carbons (Fsp3) is 0.842. The van der Waals surface area contributed by atoms with Crippen LogP contribution in [-0.2, 0) is 11.2 Å². The second kappa shape index (κ2) is 10.3. The summed E-state index contributed by atoms with van der Waals surface area (Å²) in [6.07, 6.45) is 10.6. The van der Waals surface area contributed by atoms with Crippen molar-refractivity contribution in [2.75, 3.05) is 7.05 Å². The van der Waals surface area contributed by atoms with E-state index in [1.807, 2.05) is 7.05 Å². The number of rotatable bonds is 7. The molecule has 2 fully saturated rings. The molecule has 2 aliphatic carbocycles. The molecule has 0 aliphatic heterocycles. The summed E-state index contributed by atoms with van der Waals surface area (Å²) < 4.78 is 5.48. The highest BCUT2D eigenvalue weighted by Gasteiger charge is 2.28. The molecule has 7 heteroatoms. The molecular formula is C19H33ClN4O2. The number of nitrogens with zero attached hydrogens (tertiary/aromatic N) is 2. The lowest BCUT2D eigenvalue weighted by molar-refractivity contribution is -0.122. The van der Waals surface area contributed by atoms with E-state index in [0.29, 0.717) is 23.9 Å². The largest absolute Gasteiger partial charge is 0.353 e. The smallest absolute Gasteiger partial charge is 0.229 e. The molecule has 3 rings (SSSR count). The predicted molar refractivity (Wildman–Crippen MR) is 103 cm³/mol. The van der Waals surface area contributed by atoms with Gasteiger partial charge in [-0.05, 0) is 58.4 Å². The van der Waals surface area contributed by atoms with Crippen LogP contribution in [0, 0.1) is 5.92 Å². The molecule has 26 heavy (non-hydrogen) atoms. The Balaban J connectivity index is 0.00000243. The first-order valence-corrected chi connectivity index (χ1v) is 9.93. The van der Waals surface area contributed by atoms with Crippen LogP contribution in [-0.4, -0.2) is 35.2 Å². The summed E-state index contributed by atoms with van der Waals surface area (Å²) in [7, 11) is 1.94. The maximum absolute atomic E-state index is 12.2. The molecule has 1 amide bonds. The fourth-order valence-corrected chi connectivity index (χ4v) is 4.14. The van der Waals surface area contributed by atoms with Crippen molar-refractivity contribution in [3.8, 4) is 0 Å². The third-order valence-corrected chi connectivity index (χ3v) is 5.86. The molecule has 2 aliphatic rings. The summed E-state index contributed by atoms with van der Waals surface area (Å²) in [5, 5.41) is 10.5. The maximum Gasteiger partial charge on any atom is 0.229 e. The standard InChI is InChI=1S/C19H32N4O2.ClH/c1-13(20-2)11-17-22-19(25-23-17)15-7-9-16(10-8-15)21-18(24)12-14-5-3-4-6-14;/h13-16,20H,3-12H2,1-2H3,(H,21,24);1H. The second-order valence-electron chi connectivity index (χ2n) is 7.91. The van der Waals surface area contributed by atoms with Gasteiger partial charge in [0.05, 0.1) is 0 Å². The highest BCUT2D eigenvalue weighted by Crippen LogP contribution is 2.32. The Labute approximate surface area is 162 Å². The van der Waals surface area contributed by atoms with Crippen molar-refractivity contribution in [1.82, 2.24) is 20.8 Å². The number of nitrogens with one attached hydrogen (secondary N) is 2. The van der Waals surface area contributed by atoms with E-state index in [1.54, 1.807) is 0 Å². The zero-order valence-corrected chi connectivity index (χ0v) is 16.8. The van der Waals surface area contributed by atoms with Crippen LogP contribution in [0.5, 0.6) is 0 Å². The van der Waals surface area contributed by atoms with Crippen molar-refractivity contribution in [2.24, 2.45) is 5.92 Å². The van der Waals surface area contributed by atoms with E-state index < -0.39 is 0 Å². The molecule has 1 aromatic rings. The van der Waals surface area contributed by atoms with E-state index in [4.69, 9.17) is 4.52 Å². The Morgan fingerprint density at radius 3 is 2.54 bits per heavy atom. The van der Waals surface area contributed by atoms with Crippen LogP contribution in [0.2, 0.25) is 0 Å². The number of carbonyl (C=O) groups is 1. The highest BCUT2D eigenvalue weighted by atomic mass is 35.5. The van der Waals surface area contributed by atoms with Crippen molar-refractivity contribution in [3.63, 3.8) is 0 Å². The van der Waals surface area contributed by atoms with Gasteiger partial charge in [0.2, 0.25) is 11.8 Å². The van der Waals surface area contributed by atoms with Crippen LogP contribution in [0.3, 0.4) is 0 Å². The van der Waals surface area contributed by atoms with Crippen LogP contribution < -0.4 is 10.6 Å². The molecule has 0 aromatic carbocycles. The lowest BCUT2D eigenvalue weighted by atomic mass is 9.85. The van der Waals surface area contributed by atoms with E-state index in [0.717, 1.165) is 50.2 Å². The number of hydrogen-bond donors (Lipinski definition) is 2. The average molecular weight is 385 g/mol. The van der Waals surface area contributed by atoms with Crippen LogP contribution in [0.25, 0.3) is 0 Å². The topological polar surface area (TPSA) is 80.0 Å². The van der Waals surface area contributed by atoms with Gasteiger partial charge < -0.3 is 15.2 Å². The summed E-state index contributed by atoms with van der Waals surface area (Å²) in [6.45, 7) is 2.11.